The van der Waals surface area contributed by atoms with Gasteiger partial charge in [-0.15, -0.1) is 11.3 Å². The molecule has 3 aromatic rings. The molecule has 0 aliphatic carbocycles. The van der Waals surface area contributed by atoms with Crippen LogP contribution < -0.4 is 10.8 Å². The number of hydrogen-bond donors (Lipinski definition) is 3. The van der Waals surface area contributed by atoms with Crippen molar-refractivity contribution in [3.8, 4) is 11.1 Å². The molecule has 0 saturated carbocycles. The van der Waals surface area contributed by atoms with Gasteiger partial charge in [-0.05, 0) is 35.4 Å². The van der Waals surface area contributed by atoms with Crippen LogP contribution in [-0.2, 0) is 6.54 Å². The van der Waals surface area contributed by atoms with Crippen LogP contribution in [-0.4, -0.2) is 17.0 Å². The van der Waals surface area contributed by atoms with Crippen LogP contribution in [0.25, 0.3) is 11.1 Å². The Hall–Kier alpha value is -2.96. The molecule has 1 aromatic heterocycles. The second kappa shape index (κ2) is 7.74. The number of hydrogen-bond acceptors (Lipinski definition) is 4. The predicted octanol–water partition coefficient (Wildman–Crippen LogP) is 3.46. The summed E-state index contributed by atoms with van der Waals surface area (Å²) in [5.41, 5.74) is 4.31. The summed E-state index contributed by atoms with van der Waals surface area (Å²) in [5.74, 6) is -0.736. The van der Waals surface area contributed by atoms with Crippen LogP contribution in [0.1, 0.15) is 24.9 Å². The van der Waals surface area contributed by atoms with Crippen LogP contribution in [0.15, 0.2) is 66.7 Å². The van der Waals surface area contributed by atoms with Gasteiger partial charge in [-0.3, -0.25) is 14.8 Å². The summed E-state index contributed by atoms with van der Waals surface area (Å²) in [5, 5.41) is 11.4. The van der Waals surface area contributed by atoms with E-state index in [4.69, 9.17) is 5.21 Å². The Morgan fingerprint density at radius 1 is 0.840 bits per heavy atom. The van der Waals surface area contributed by atoms with Gasteiger partial charge in [0.2, 0.25) is 0 Å². The van der Waals surface area contributed by atoms with Gasteiger partial charge in [-0.25, -0.2) is 5.48 Å². The Bertz CT molecular complexity index is 873. The third-order valence-electron chi connectivity index (χ3n) is 3.66. The molecular formula is C19H16N2O3S. The fraction of sp³-hybridized carbons (Fsp3) is 0.0526. The zero-order chi connectivity index (χ0) is 17.6. The highest BCUT2D eigenvalue weighted by atomic mass is 32.1. The van der Waals surface area contributed by atoms with Crippen molar-refractivity contribution in [1.29, 1.82) is 0 Å². The van der Waals surface area contributed by atoms with Crippen molar-refractivity contribution in [2.75, 3.05) is 0 Å². The minimum atomic E-state index is -0.556. The summed E-state index contributed by atoms with van der Waals surface area (Å²) in [4.78, 5) is 24.7. The SMILES string of the molecule is O=C(NCc1ccc(C(=O)NO)s1)c1ccc(-c2ccccc2)cc1. The lowest BCUT2D eigenvalue weighted by Crippen LogP contribution is -2.22. The van der Waals surface area contributed by atoms with Gasteiger partial charge in [0.05, 0.1) is 11.4 Å². The first-order valence-corrected chi connectivity index (χ1v) is 8.46. The predicted molar refractivity (Wildman–Crippen MR) is 96.6 cm³/mol. The standard InChI is InChI=1S/C19H16N2O3S/c22-18(20-12-16-10-11-17(25-16)19(23)21-24)15-8-6-14(7-9-15)13-4-2-1-3-5-13/h1-11,24H,12H2,(H,20,22)(H,21,23). The van der Waals surface area contributed by atoms with Gasteiger partial charge in [0.1, 0.15) is 0 Å². The van der Waals surface area contributed by atoms with Gasteiger partial charge in [0, 0.05) is 10.4 Å². The minimum absolute atomic E-state index is 0.179. The summed E-state index contributed by atoms with van der Waals surface area (Å²) in [6, 6.07) is 20.7. The number of amides is 2. The highest BCUT2D eigenvalue weighted by Gasteiger charge is 2.10. The van der Waals surface area contributed by atoms with Crippen molar-refractivity contribution >= 4 is 23.2 Å². The van der Waals surface area contributed by atoms with E-state index in [0.29, 0.717) is 17.0 Å². The van der Waals surface area contributed by atoms with Crippen molar-refractivity contribution in [2.24, 2.45) is 0 Å². The Labute approximate surface area is 148 Å². The van der Waals surface area contributed by atoms with E-state index >= 15 is 0 Å². The Morgan fingerprint density at radius 3 is 2.20 bits per heavy atom. The molecule has 0 unspecified atom stereocenters. The second-order valence-electron chi connectivity index (χ2n) is 5.33. The van der Waals surface area contributed by atoms with Gasteiger partial charge in [-0.1, -0.05) is 42.5 Å². The lowest BCUT2D eigenvalue weighted by atomic mass is 10.0. The zero-order valence-corrected chi connectivity index (χ0v) is 14.0. The smallest absolute Gasteiger partial charge is 0.284 e. The number of rotatable bonds is 5. The molecule has 6 heteroatoms. The van der Waals surface area contributed by atoms with E-state index in [-0.39, 0.29) is 5.91 Å². The number of nitrogens with one attached hydrogen (secondary N) is 2. The third-order valence-corrected chi connectivity index (χ3v) is 4.75. The van der Waals surface area contributed by atoms with E-state index in [9.17, 15) is 9.59 Å². The van der Waals surface area contributed by atoms with Crippen molar-refractivity contribution in [2.45, 2.75) is 6.54 Å². The summed E-state index contributed by atoms with van der Waals surface area (Å²) in [7, 11) is 0. The van der Waals surface area contributed by atoms with Crippen LogP contribution >= 0.6 is 11.3 Å². The molecule has 2 amide bonds. The van der Waals surface area contributed by atoms with Gasteiger partial charge in [0.25, 0.3) is 11.8 Å². The molecule has 0 spiro atoms. The molecule has 25 heavy (non-hydrogen) atoms. The van der Waals surface area contributed by atoms with Crippen LogP contribution in [0, 0.1) is 0 Å². The molecule has 126 valence electrons. The maximum atomic E-state index is 12.2. The fourth-order valence-electron chi connectivity index (χ4n) is 2.36. The summed E-state index contributed by atoms with van der Waals surface area (Å²) < 4.78 is 0. The summed E-state index contributed by atoms with van der Waals surface area (Å²) in [6.07, 6.45) is 0. The molecule has 0 bridgehead atoms. The quantitative estimate of drug-likeness (QED) is 0.486. The molecule has 0 aliphatic heterocycles. The molecule has 0 saturated heterocycles. The first-order valence-electron chi connectivity index (χ1n) is 7.64. The molecule has 0 atom stereocenters. The van der Waals surface area contributed by atoms with E-state index in [1.165, 1.54) is 11.3 Å². The molecule has 3 rings (SSSR count). The first-order chi connectivity index (χ1) is 12.2. The number of carbonyl (C=O) groups is 2. The van der Waals surface area contributed by atoms with Crippen molar-refractivity contribution in [1.82, 2.24) is 10.8 Å². The highest BCUT2D eigenvalue weighted by molar-refractivity contribution is 7.14. The van der Waals surface area contributed by atoms with Crippen LogP contribution in [0.2, 0.25) is 0 Å². The average Bonchev–Trinajstić information content (AvgIpc) is 3.15. The van der Waals surface area contributed by atoms with E-state index in [1.54, 1.807) is 29.7 Å². The first kappa shape index (κ1) is 16.9. The molecule has 2 aromatic carbocycles. The van der Waals surface area contributed by atoms with Crippen molar-refractivity contribution in [3.63, 3.8) is 0 Å². The van der Waals surface area contributed by atoms with Gasteiger partial charge in [0.15, 0.2) is 0 Å². The monoisotopic (exact) mass is 352 g/mol. The lowest BCUT2D eigenvalue weighted by Gasteiger charge is -2.06. The van der Waals surface area contributed by atoms with Crippen LogP contribution in [0.3, 0.4) is 0 Å². The van der Waals surface area contributed by atoms with Crippen molar-refractivity contribution in [3.05, 3.63) is 82.0 Å². The summed E-state index contributed by atoms with van der Waals surface area (Å²) >= 11 is 1.22. The Balaban J connectivity index is 1.62. The van der Waals surface area contributed by atoms with E-state index in [0.717, 1.165) is 16.0 Å². The number of benzene rings is 2. The van der Waals surface area contributed by atoms with Crippen LogP contribution in [0.5, 0.6) is 0 Å². The van der Waals surface area contributed by atoms with Gasteiger partial charge >= 0.3 is 0 Å². The third kappa shape index (κ3) is 4.12. The lowest BCUT2D eigenvalue weighted by molar-refractivity contribution is 0.0711. The largest absolute Gasteiger partial charge is 0.347 e. The van der Waals surface area contributed by atoms with E-state index in [2.05, 4.69) is 5.32 Å². The molecular weight excluding hydrogens is 336 g/mol. The van der Waals surface area contributed by atoms with Crippen molar-refractivity contribution < 1.29 is 14.8 Å². The Morgan fingerprint density at radius 2 is 1.52 bits per heavy atom. The minimum Gasteiger partial charge on any atom is -0.347 e. The maximum Gasteiger partial charge on any atom is 0.284 e. The molecule has 1 heterocycles. The molecule has 0 fully saturated rings. The van der Waals surface area contributed by atoms with Crippen LogP contribution in [0.4, 0.5) is 0 Å². The number of carbonyl (C=O) groups excluding carboxylic acids is 2. The van der Waals surface area contributed by atoms with Gasteiger partial charge in [-0.2, -0.15) is 0 Å². The molecule has 5 nitrogen and oxygen atoms in total. The normalized spacial score (nSPS) is 10.3. The summed E-state index contributed by atoms with van der Waals surface area (Å²) in [6.45, 7) is 0.322. The highest BCUT2D eigenvalue weighted by Crippen LogP contribution is 2.19. The van der Waals surface area contributed by atoms with Gasteiger partial charge < -0.3 is 5.32 Å². The number of thiophene rings is 1. The fourth-order valence-corrected chi connectivity index (χ4v) is 3.20. The number of hydroxylamine groups is 1. The molecule has 0 radical (unpaired) electrons. The Kier molecular flexibility index (Phi) is 5.23. The average molecular weight is 352 g/mol. The second-order valence-corrected chi connectivity index (χ2v) is 6.50. The zero-order valence-electron chi connectivity index (χ0n) is 13.2. The molecule has 3 N–H and O–H groups in total. The molecule has 0 aliphatic rings. The maximum absolute atomic E-state index is 12.2. The topological polar surface area (TPSA) is 78.4 Å². The van der Waals surface area contributed by atoms with E-state index < -0.39 is 5.91 Å². The van der Waals surface area contributed by atoms with E-state index in [1.807, 2.05) is 42.5 Å².